The fraction of sp³-hybridized carbons (Fsp3) is 0.867. The molecule has 1 aliphatic carbocycles. The van der Waals surface area contributed by atoms with Gasteiger partial charge in [-0.3, -0.25) is 9.59 Å². The first kappa shape index (κ1) is 17.0. The summed E-state index contributed by atoms with van der Waals surface area (Å²) in [6.07, 6.45) is 5.55. The molecular formula is C15H29N3O2. The lowest BCUT2D eigenvalue weighted by Crippen LogP contribution is -2.49. The summed E-state index contributed by atoms with van der Waals surface area (Å²) < 4.78 is 0. The topological polar surface area (TPSA) is 84.2 Å². The molecule has 5 nitrogen and oxygen atoms in total. The van der Waals surface area contributed by atoms with E-state index in [4.69, 9.17) is 5.73 Å². The highest BCUT2D eigenvalue weighted by molar-refractivity contribution is 5.81. The van der Waals surface area contributed by atoms with E-state index in [9.17, 15) is 9.59 Å². The Bertz CT molecular complexity index is 325. The van der Waals surface area contributed by atoms with Crippen LogP contribution in [0.1, 0.15) is 59.3 Å². The van der Waals surface area contributed by atoms with Crippen LogP contribution in [0.5, 0.6) is 0 Å². The van der Waals surface area contributed by atoms with Crippen molar-refractivity contribution in [3.05, 3.63) is 0 Å². The van der Waals surface area contributed by atoms with Gasteiger partial charge in [0, 0.05) is 18.0 Å². The monoisotopic (exact) mass is 283 g/mol. The SMILES string of the molecule is CCCC(C)NC(=O)C(C)NC1CCC(C(N)=O)CC1. The predicted molar refractivity (Wildman–Crippen MR) is 80.1 cm³/mol. The van der Waals surface area contributed by atoms with Crippen molar-refractivity contribution in [1.82, 2.24) is 10.6 Å². The van der Waals surface area contributed by atoms with Crippen LogP contribution in [-0.2, 0) is 9.59 Å². The first-order valence-corrected chi connectivity index (χ1v) is 7.79. The number of rotatable bonds is 7. The summed E-state index contributed by atoms with van der Waals surface area (Å²) in [5.74, 6) is -0.118. The van der Waals surface area contributed by atoms with E-state index >= 15 is 0 Å². The fourth-order valence-electron chi connectivity index (χ4n) is 2.85. The highest BCUT2D eigenvalue weighted by Crippen LogP contribution is 2.24. The number of carbonyl (C=O) groups is 2. The zero-order valence-electron chi connectivity index (χ0n) is 12.9. The maximum Gasteiger partial charge on any atom is 0.237 e. The third-order valence-electron chi connectivity index (χ3n) is 4.12. The number of hydrogen-bond acceptors (Lipinski definition) is 3. The normalized spacial score (nSPS) is 25.8. The molecule has 0 saturated heterocycles. The second-order valence-corrected chi connectivity index (χ2v) is 6.04. The van der Waals surface area contributed by atoms with Crippen molar-refractivity contribution in [3.63, 3.8) is 0 Å². The van der Waals surface area contributed by atoms with E-state index in [1.807, 2.05) is 13.8 Å². The molecule has 4 N–H and O–H groups in total. The largest absolute Gasteiger partial charge is 0.369 e. The van der Waals surface area contributed by atoms with E-state index in [2.05, 4.69) is 17.6 Å². The summed E-state index contributed by atoms with van der Waals surface area (Å²) in [5, 5.41) is 6.38. The summed E-state index contributed by atoms with van der Waals surface area (Å²) in [6, 6.07) is 0.347. The number of amides is 2. The first-order valence-electron chi connectivity index (χ1n) is 7.79. The van der Waals surface area contributed by atoms with Gasteiger partial charge >= 0.3 is 0 Å². The summed E-state index contributed by atoms with van der Waals surface area (Å²) in [5.41, 5.74) is 5.32. The van der Waals surface area contributed by atoms with Gasteiger partial charge in [-0.1, -0.05) is 13.3 Å². The molecule has 1 aliphatic rings. The minimum absolute atomic E-state index is 0.0155. The van der Waals surface area contributed by atoms with Gasteiger partial charge in [0.1, 0.15) is 0 Å². The Morgan fingerprint density at radius 2 is 1.80 bits per heavy atom. The van der Waals surface area contributed by atoms with Crippen LogP contribution >= 0.6 is 0 Å². The molecule has 0 spiro atoms. The van der Waals surface area contributed by atoms with Crippen LogP contribution in [0.4, 0.5) is 0 Å². The maximum absolute atomic E-state index is 12.0. The van der Waals surface area contributed by atoms with Gasteiger partial charge in [-0.2, -0.15) is 0 Å². The van der Waals surface area contributed by atoms with Gasteiger partial charge in [0.2, 0.25) is 11.8 Å². The molecule has 20 heavy (non-hydrogen) atoms. The predicted octanol–water partition coefficient (Wildman–Crippen LogP) is 1.31. The van der Waals surface area contributed by atoms with Crippen molar-refractivity contribution < 1.29 is 9.59 Å². The second-order valence-electron chi connectivity index (χ2n) is 6.04. The Balaban J connectivity index is 2.30. The van der Waals surface area contributed by atoms with E-state index in [0.29, 0.717) is 6.04 Å². The fourth-order valence-corrected chi connectivity index (χ4v) is 2.85. The van der Waals surface area contributed by atoms with Crippen molar-refractivity contribution in [1.29, 1.82) is 0 Å². The van der Waals surface area contributed by atoms with Crippen molar-refractivity contribution in [2.75, 3.05) is 0 Å². The molecule has 1 fully saturated rings. The smallest absolute Gasteiger partial charge is 0.237 e. The molecule has 0 bridgehead atoms. The molecule has 0 aromatic heterocycles. The zero-order chi connectivity index (χ0) is 15.1. The highest BCUT2D eigenvalue weighted by Gasteiger charge is 2.26. The lowest BCUT2D eigenvalue weighted by atomic mass is 9.85. The van der Waals surface area contributed by atoms with Gasteiger partial charge in [0.25, 0.3) is 0 Å². The molecule has 0 radical (unpaired) electrons. The van der Waals surface area contributed by atoms with E-state index in [0.717, 1.165) is 38.5 Å². The van der Waals surface area contributed by atoms with Crippen molar-refractivity contribution in [2.45, 2.75) is 77.4 Å². The van der Waals surface area contributed by atoms with Crippen LogP contribution in [0, 0.1) is 5.92 Å². The van der Waals surface area contributed by atoms with E-state index in [1.54, 1.807) is 0 Å². The highest BCUT2D eigenvalue weighted by atomic mass is 16.2. The standard InChI is InChI=1S/C15H29N3O2/c1-4-5-10(2)17-15(20)11(3)18-13-8-6-12(7-9-13)14(16)19/h10-13,18H,4-9H2,1-3H3,(H2,16,19)(H,17,20). The molecule has 2 unspecified atom stereocenters. The van der Waals surface area contributed by atoms with Gasteiger partial charge in [0.15, 0.2) is 0 Å². The van der Waals surface area contributed by atoms with Crippen LogP contribution in [0.2, 0.25) is 0 Å². The Hall–Kier alpha value is -1.10. The summed E-state index contributed by atoms with van der Waals surface area (Å²) in [6.45, 7) is 6.04. The summed E-state index contributed by atoms with van der Waals surface area (Å²) in [7, 11) is 0. The summed E-state index contributed by atoms with van der Waals surface area (Å²) in [4.78, 5) is 23.1. The van der Waals surface area contributed by atoms with Crippen LogP contribution in [0.3, 0.4) is 0 Å². The molecule has 1 rings (SSSR count). The molecule has 0 heterocycles. The third-order valence-corrected chi connectivity index (χ3v) is 4.12. The maximum atomic E-state index is 12.0. The lowest BCUT2D eigenvalue weighted by Gasteiger charge is -2.30. The number of primary amides is 1. The van der Waals surface area contributed by atoms with Gasteiger partial charge in [0.05, 0.1) is 6.04 Å². The average Bonchev–Trinajstić information content (AvgIpc) is 2.39. The number of carbonyl (C=O) groups excluding carboxylic acids is 2. The molecule has 2 atom stereocenters. The number of nitrogens with one attached hydrogen (secondary N) is 2. The summed E-state index contributed by atoms with van der Waals surface area (Å²) >= 11 is 0. The van der Waals surface area contributed by atoms with Crippen molar-refractivity contribution in [3.8, 4) is 0 Å². The van der Waals surface area contributed by atoms with Crippen LogP contribution in [-0.4, -0.2) is 29.9 Å². The molecule has 0 aromatic carbocycles. The first-order chi connectivity index (χ1) is 9.43. The van der Waals surface area contributed by atoms with Crippen LogP contribution in [0.15, 0.2) is 0 Å². The lowest BCUT2D eigenvalue weighted by molar-refractivity contribution is -0.125. The molecule has 1 saturated carbocycles. The molecule has 0 aromatic rings. The number of hydrogen-bond donors (Lipinski definition) is 3. The van der Waals surface area contributed by atoms with E-state index < -0.39 is 0 Å². The molecule has 5 heteroatoms. The quantitative estimate of drug-likeness (QED) is 0.658. The van der Waals surface area contributed by atoms with Crippen molar-refractivity contribution >= 4 is 11.8 Å². The van der Waals surface area contributed by atoms with E-state index in [-0.39, 0.29) is 29.8 Å². The minimum Gasteiger partial charge on any atom is -0.369 e. The minimum atomic E-state index is -0.192. The Morgan fingerprint density at radius 1 is 1.20 bits per heavy atom. The Morgan fingerprint density at radius 3 is 2.30 bits per heavy atom. The van der Waals surface area contributed by atoms with E-state index in [1.165, 1.54) is 0 Å². The molecule has 116 valence electrons. The Kier molecular flexibility index (Phi) is 6.99. The van der Waals surface area contributed by atoms with Crippen LogP contribution < -0.4 is 16.4 Å². The van der Waals surface area contributed by atoms with Crippen LogP contribution in [0.25, 0.3) is 0 Å². The van der Waals surface area contributed by atoms with Gasteiger partial charge < -0.3 is 16.4 Å². The zero-order valence-corrected chi connectivity index (χ0v) is 12.9. The third kappa shape index (κ3) is 5.49. The molecule has 2 amide bonds. The number of nitrogens with two attached hydrogens (primary N) is 1. The van der Waals surface area contributed by atoms with Gasteiger partial charge in [-0.25, -0.2) is 0 Å². The van der Waals surface area contributed by atoms with Crippen molar-refractivity contribution in [2.24, 2.45) is 11.7 Å². The average molecular weight is 283 g/mol. The van der Waals surface area contributed by atoms with Gasteiger partial charge in [-0.15, -0.1) is 0 Å². The Labute approximate surface area is 122 Å². The molecule has 0 aliphatic heterocycles. The van der Waals surface area contributed by atoms with Gasteiger partial charge in [-0.05, 0) is 46.0 Å². The second kappa shape index (κ2) is 8.25. The molecular weight excluding hydrogens is 254 g/mol.